The summed E-state index contributed by atoms with van der Waals surface area (Å²) in [6.07, 6.45) is 2.14. The highest BCUT2D eigenvalue weighted by atomic mass is 16.4. The third kappa shape index (κ3) is 11.4. The summed E-state index contributed by atoms with van der Waals surface area (Å²) in [5.41, 5.74) is 12.3. The van der Waals surface area contributed by atoms with Crippen LogP contribution >= 0.6 is 0 Å². The second kappa shape index (κ2) is 15.0. The van der Waals surface area contributed by atoms with Gasteiger partial charge < -0.3 is 32.5 Å². The van der Waals surface area contributed by atoms with E-state index in [-0.39, 0.29) is 12.3 Å². The molecule has 10 nitrogen and oxygen atoms in total. The Morgan fingerprint density at radius 2 is 1.64 bits per heavy atom. The Morgan fingerprint density at radius 1 is 0.970 bits per heavy atom. The van der Waals surface area contributed by atoms with E-state index < -0.39 is 48.4 Å². The van der Waals surface area contributed by atoms with Crippen LogP contribution in [0, 0.1) is 5.92 Å². The smallest absolute Gasteiger partial charge is 0.326 e. The molecule has 0 saturated carbocycles. The molecule has 0 fully saturated rings. The quantitative estimate of drug-likeness (QED) is 0.197. The number of benzene rings is 1. The van der Waals surface area contributed by atoms with Crippen molar-refractivity contribution >= 4 is 23.7 Å². The number of carbonyl (C=O) groups excluding carboxylic acids is 3. The zero-order valence-corrected chi connectivity index (χ0v) is 19.4. The normalized spacial score (nSPS) is 13.6. The van der Waals surface area contributed by atoms with Gasteiger partial charge in [-0.2, -0.15) is 0 Å². The molecule has 184 valence electrons. The summed E-state index contributed by atoms with van der Waals surface area (Å²) < 4.78 is 0. The first-order chi connectivity index (χ1) is 15.6. The molecule has 3 unspecified atom stereocenters. The van der Waals surface area contributed by atoms with Gasteiger partial charge in [0.1, 0.15) is 12.1 Å². The first-order valence-corrected chi connectivity index (χ1v) is 11.2. The minimum atomic E-state index is -1.15. The van der Waals surface area contributed by atoms with Crippen molar-refractivity contribution in [2.75, 3.05) is 13.1 Å². The lowest BCUT2D eigenvalue weighted by atomic mass is 10.0. The van der Waals surface area contributed by atoms with Gasteiger partial charge in [-0.25, -0.2) is 4.79 Å². The van der Waals surface area contributed by atoms with E-state index in [1.54, 1.807) is 0 Å². The number of rotatable bonds is 15. The van der Waals surface area contributed by atoms with Crippen molar-refractivity contribution in [2.45, 2.75) is 64.1 Å². The van der Waals surface area contributed by atoms with Crippen LogP contribution in [0.5, 0.6) is 0 Å². The van der Waals surface area contributed by atoms with Crippen molar-refractivity contribution in [1.29, 1.82) is 0 Å². The Kier molecular flexibility index (Phi) is 12.7. The Labute approximate surface area is 194 Å². The molecular formula is C23H37N5O5. The standard InChI is InChI=1S/C23H37N5O5/c1-15(2)12-19(28-21(30)17(25)13-16-8-4-3-5-9-16)22(31)26-14-20(29)27-18(23(32)33)10-6-7-11-24/h3-5,8-9,15,17-19H,6-7,10-14,24-25H2,1-2H3,(H,26,31)(H,27,29)(H,28,30)(H,32,33). The van der Waals surface area contributed by atoms with Gasteiger partial charge >= 0.3 is 5.97 Å². The number of nitrogens with two attached hydrogens (primary N) is 2. The van der Waals surface area contributed by atoms with E-state index in [1.165, 1.54) is 0 Å². The molecule has 1 aromatic rings. The number of unbranched alkanes of at least 4 members (excludes halogenated alkanes) is 1. The molecule has 0 aromatic heterocycles. The molecule has 0 saturated heterocycles. The van der Waals surface area contributed by atoms with Crippen LogP contribution in [0.3, 0.4) is 0 Å². The number of carbonyl (C=O) groups is 4. The van der Waals surface area contributed by atoms with E-state index in [4.69, 9.17) is 11.5 Å². The van der Waals surface area contributed by atoms with Crippen LogP contribution in [-0.4, -0.2) is 60.0 Å². The predicted molar refractivity (Wildman–Crippen MR) is 125 cm³/mol. The van der Waals surface area contributed by atoms with Crippen LogP contribution in [0.2, 0.25) is 0 Å². The molecule has 0 bridgehead atoms. The SMILES string of the molecule is CC(C)CC(NC(=O)C(N)Cc1ccccc1)C(=O)NCC(=O)NC(CCCCN)C(=O)O. The van der Waals surface area contributed by atoms with Crippen molar-refractivity contribution < 1.29 is 24.3 Å². The lowest BCUT2D eigenvalue weighted by molar-refractivity contribution is -0.142. The van der Waals surface area contributed by atoms with Crippen molar-refractivity contribution in [3.05, 3.63) is 35.9 Å². The van der Waals surface area contributed by atoms with E-state index in [0.717, 1.165) is 5.56 Å². The predicted octanol–water partition coefficient (Wildman–Crippen LogP) is -0.0981. The van der Waals surface area contributed by atoms with E-state index in [9.17, 15) is 24.3 Å². The van der Waals surface area contributed by atoms with Gasteiger partial charge in [-0.15, -0.1) is 0 Å². The summed E-state index contributed by atoms with van der Waals surface area (Å²) in [7, 11) is 0. The van der Waals surface area contributed by atoms with Crippen LogP contribution in [-0.2, 0) is 25.6 Å². The lowest BCUT2D eigenvalue weighted by Crippen LogP contribution is -2.54. The first-order valence-electron chi connectivity index (χ1n) is 11.2. The molecule has 3 atom stereocenters. The van der Waals surface area contributed by atoms with E-state index in [0.29, 0.717) is 32.2 Å². The first kappa shape index (κ1) is 28.1. The van der Waals surface area contributed by atoms with Gasteiger partial charge in [-0.05, 0) is 50.1 Å². The summed E-state index contributed by atoms with van der Waals surface area (Å²) in [4.78, 5) is 48.7. The monoisotopic (exact) mass is 463 g/mol. The maximum atomic E-state index is 12.7. The molecule has 3 amide bonds. The minimum Gasteiger partial charge on any atom is -0.480 e. The Balaban J connectivity index is 2.62. The molecule has 0 heterocycles. The van der Waals surface area contributed by atoms with Crippen LogP contribution in [0.15, 0.2) is 30.3 Å². The van der Waals surface area contributed by atoms with E-state index >= 15 is 0 Å². The second-order valence-corrected chi connectivity index (χ2v) is 8.45. The fourth-order valence-electron chi connectivity index (χ4n) is 3.23. The molecular weight excluding hydrogens is 426 g/mol. The Bertz CT molecular complexity index is 772. The van der Waals surface area contributed by atoms with Crippen molar-refractivity contribution in [3.8, 4) is 0 Å². The summed E-state index contributed by atoms with van der Waals surface area (Å²) in [6.45, 7) is 3.85. The number of aliphatic carboxylic acids is 1. The highest BCUT2D eigenvalue weighted by Crippen LogP contribution is 2.07. The maximum absolute atomic E-state index is 12.7. The van der Waals surface area contributed by atoms with Gasteiger partial charge in [0.25, 0.3) is 0 Å². The van der Waals surface area contributed by atoms with Crippen molar-refractivity contribution in [2.24, 2.45) is 17.4 Å². The van der Waals surface area contributed by atoms with Gasteiger partial charge in [0.05, 0.1) is 12.6 Å². The highest BCUT2D eigenvalue weighted by molar-refractivity contribution is 5.92. The van der Waals surface area contributed by atoms with Gasteiger partial charge in [0.2, 0.25) is 17.7 Å². The van der Waals surface area contributed by atoms with Gasteiger partial charge in [0.15, 0.2) is 0 Å². The maximum Gasteiger partial charge on any atom is 0.326 e. The molecule has 0 aliphatic carbocycles. The molecule has 1 rings (SSSR count). The average molecular weight is 464 g/mol. The van der Waals surface area contributed by atoms with Gasteiger partial charge in [-0.1, -0.05) is 44.2 Å². The van der Waals surface area contributed by atoms with Crippen LogP contribution in [0.25, 0.3) is 0 Å². The zero-order valence-electron chi connectivity index (χ0n) is 19.4. The second-order valence-electron chi connectivity index (χ2n) is 8.45. The molecule has 1 aromatic carbocycles. The number of nitrogens with one attached hydrogen (secondary N) is 3. The summed E-state index contributed by atoms with van der Waals surface area (Å²) in [5.74, 6) is -2.67. The number of carboxylic acids is 1. The third-order valence-electron chi connectivity index (χ3n) is 4.98. The molecule has 10 heteroatoms. The van der Waals surface area contributed by atoms with Crippen molar-refractivity contribution in [1.82, 2.24) is 16.0 Å². The van der Waals surface area contributed by atoms with Gasteiger partial charge in [-0.3, -0.25) is 14.4 Å². The summed E-state index contributed by atoms with van der Waals surface area (Å²) in [6, 6.07) is 6.56. The fraction of sp³-hybridized carbons (Fsp3) is 0.565. The van der Waals surface area contributed by atoms with Gasteiger partial charge in [0, 0.05) is 0 Å². The van der Waals surface area contributed by atoms with Crippen LogP contribution in [0.1, 0.15) is 45.1 Å². The molecule has 0 aliphatic rings. The Hall–Kier alpha value is -2.98. The zero-order chi connectivity index (χ0) is 24.8. The number of amides is 3. The molecule has 0 spiro atoms. The van der Waals surface area contributed by atoms with Crippen molar-refractivity contribution in [3.63, 3.8) is 0 Å². The fourth-order valence-corrected chi connectivity index (χ4v) is 3.23. The van der Waals surface area contributed by atoms with E-state index in [2.05, 4.69) is 16.0 Å². The summed E-state index contributed by atoms with van der Waals surface area (Å²) in [5, 5.41) is 16.8. The van der Waals surface area contributed by atoms with E-state index in [1.807, 2.05) is 44.2 Å². The molecule has 8 N–H and O–H groups in total. The topological polar surface area (TPSA) is 177 Å². The minimum absolute atomic E-state index is 0.0964. The molecule has 0 aliphatic heterocycles. The third-order valence-corrected chi connectivity index (χ3v) is 4.98. The highest BCUT2D eigenvalue weighted by Gasteiger charge is 2.26. The van der Waals surface area contributed by atoms with Crippen LogP contribution in [0.4, 0.5) is 0 Å². The largest absolute Gasteiger partial charge is 0.480 e. The number of hydrogen-bond donors (Lipinski definition) is 6. The Morgan fingerprint density at radius 3 is 2.21 bits per heavy atom. The average Bonchev–Trinajstić information content (AvgIpc) is 2.76. The summed E-state index contributed by atoms with van der Waals surface area (Å²) >= 11 is 0. The van der Waals surface area contributed by atoms with Crippen LogP contribution < -0.4 is 27.4 Å². The number of hydrogen-bond acceptors (Lipinski definition) is 6. The number of carboxylic acid groups (broad SMARTS) is 1. The lowest BCUT2D eigenvalue weighted by Gasteiger charge is -2.22. The molecule has 0 radical (unpaired) electrons. The molecule has 33 heavy (non-hydrogen) atoms.